The summed E-state index contributed by atoms with van der Waals surface area (Å²) in [6, 6.07) is 0. The van der Waals surface area contributed by atoms with Gasteiger partial charge in [-0.1, -0.05) is 13.8 Å². The van der Waals surface area contributed by atoms with Crippen LogP contribution in [0, 0.1) is 0 Å². The van der Waals surface area contributed by atoms with Gasteiger partial charge in [0, 0.05) is 12.2 Å². The molecule has 0 amide bonds. The van der Waals surface area contributed by atoms with Crippen LogP contribution >= 0.6 is 0 Å². The van der Waals surface area contributed by atoms with Crippen molar-refractivity contribution in [3.05, 3.63) is 17.5 Å². The summed E-state index contributed by atoms with van der Waals surface area (Å²) >= 11 is 0. The molecule has 1 heterocycles. The van der Waals surface area contributed by atoms with Crippen LogP contribution < -0.4 is 0 Å². The monoisotopic (exact) mass is 178 g/mol. The van der Waals surface area contributed by atoms with E-state index >= 15 is 0 Å². The highest BCUT2D eigenvalue weighted by atomic mass is 15.3. The minimum absolute atomic E-state index is 0.609. The van der Waals surface area contributed by atoms with Gasteiger partial charge < -0.3 is 0 Å². The quantitative estimate of drug-likeness (QED) is 0.696. The van der Waals surface area contributed by atoms with E-state index in [9.17, 15) is 0 Å². The molecule has 2 rings (SSSR count). The number of rotatable bonds is 3. The highest BCUT2D eigenvalue weighted by Crippen LogP contribution is 2.43. The zero-order valence-electron chi connectivity index (χ0n) is 8.75. The zero-order chi connectivity index (χ0) is 9.42. The molecular formula is C11H18N2. The van der Waals surface area contributed by atoms with Gasteiger partial charge in [0.1, 0.15) is 0 Å². The minimum atomic E-state index is 0.609. The average Bonchev–Trinajstić information content (AvgIpc) is 2.84. The Kier molecular flexibility index (Phi) is 2.14. The molecule has 13 heavy (non-hydrogen) atoms. The van der Waals surface area contributed by atoms with Crippen molar-refractivity contribution in [3.8, 4) is 0 Å². The average molecular weight is 178 g/mol. The molecule has 0 aromatic carbocycles. The second-order valence-corrected chi connectivity index (χ2v) is 4.23. The summed E-state index contributed by atoms with van der Waals surface area (Å²) in [7, 11) is 0. The Bertz CT molecular complexity index is 295. The van der Waals surface area contributed by atoms with E-state index in [1.807, 2.05) is 0 Å². The summed E-state index contributed by atoms with van der Waals surface area (Å²) in [4.78, 5) is 0. The maximum Gasteiger partial charge on any atom is 0.0527 e. The summed E-state index contributed by atoms with van der Waals surface area (Å²) in [5, 5.41) is 4.43. The van der Waals surface area contributed by atoms with Crippen molar-refractivity contribution in [2.24, 2.45) is 0 Å². The van der Waals surface area contributed by atoms with Gasteiger partial charge in [0.15, 0.2) is 0 Å². The Morgan fingerprint density at radius 2 is 2.23 bits per heavy atom. The van der Waals surface area contributed by atoms with Crippen molar-refractivity contribution in [1.29, 1.82) is 0 Å². The molecule has 1 aromatic heterocycles. The second-order valence-electron chi connectivity index (χ2n) is 4.23. The van der Waals surface area contributed by atoms with E-state index in [0.29, 0.717) is 5.92 Å². The van der Waals surface area contributed by atoms with Crippen molar-refractivity contribution >= 4 is 0 Å². The Morgan fingerprint density at radius 3 is 2.69 bits per heavy atom. The molecule has 1 aliphatic rings. The van der Waals surface area contributed by atoms with Gasteiger partial charge in [-0.2, -0.15) is 5.10 Å². The largest absolute Gasteiger partial charge is 0.269 e. The first-order valence-corrected chi connectivity index (χ1v) is 5.29. The lowest BCUT2D eigenvalue weighted by Crippen LogP contribution is -2.05. The lowest BCUT2D eigenvalue weighted by atomic mass is 10.0. The van der Waals surface area contributed by atoms with Crippen LogP contribution in [0.2, 0.25) is 0 Å². The van der Waals surface area contributed by atoms with E-state index in [1.165, 1.54) is 24.1 Å². The molecular weight excluding hydrogens is 160 g/mol. The van der Waals surface area contributed by atoms with Crippen molar-refractivity contribution in [2.75, 3.05) is 0 Å². The Morgan fingerprint density at radius 1 is 1.54 bits per heavy atom. The molecule has 0 aliphatic heterocycles. The van der Waals surface area contributed by atoms with Crippen molar-refractivity contribution in [3.63, 3.8) is 0 Å². The predicted octanol–water partition coefficient (Wildman–Crippen LogP) is 2.90. The summed E-state index contributed by atoms with van der Waals surface area (Å²) in [6.07, 6.45) is 4.82. The maximum atomic E-state index is 4.43. The van der Waals surface area contributed by atoms with Crippen molar-refractivity contribution < 1.29 is 0 Å². The molecule has 1 saturated carbocycles. The molecule has 1 fully saturated rings. The summed E-state index contributed by atoms with van der Waals surface area (Å²) in [5.74, 6) is 1.44. The van der Waals surface area contributed by atoms with Crippen LogP contribution in [0.1, 0.15) is 56.7 Å². The summed E-state index contributed by atoms with van der Waals surface area (Å²) in [6.45, 7) is 7.68. The molecule has 2 nitrogen and oxygen atoms in total. The molecule has 0 spiro atoms. The smallest absolute Gasteiger partial charge is 0.0527 e. The van der Waals surface area contributed by atoms with Crippen LogP contribution in [-0.2, 0) is 6.54 Å². The van der Waals surface area contributed by atoms with Crippen LogP contribution in [0.25, 0.3) is 0 Å². The van der Waals surface area contributed by atoms with Gasteiger partial charge >= 0.3 is 0 Å². The number of hydrogen-bond donors (Lipinski definition) is 0. The molecule has 0 atom stereocenters. The Hall–Kier alpha value is -0.790. The number of aromatic nitrogens is 2. The van der Waals surface area contributed by atoms with Crippen LogP contribution in [0.5, 0.6) is 0 Å². The molecule has 1 aliphatic carbocycles. The Labute approximate surface area is 80.0 Å². The van der Waals surface area contributed by atoms with Gasteiger partial charge in [0.25, 0.3) is 0 Å². The normalized spacial score (nSPS) is 16.9. The fourth-order valence-corrected chi connectivity index (χ4v) is 2.00. The van der Waals surface area contributed by atoms with Gasteiger partial charge in [-0.25, -0.2) is 0 Å². The summed E-state index contributed by atoms with van der Waals surface area (Å²) in [5.41, 5.74) is 2.97. The van der Waals surface area contributed by atoms with E-state index in [0.717, 1.165) is 12.5 Å². The number of hydrogen-bond acceptors (Lipinski definition) is 1. The van der Waals surface area contributed by atoms with Gasteiger partial charge in [0.2, 0.25) is 0 Å². The molecule has 2 heteroatoms. The van der Waals surface area contributed by atoms with Crippen LogP contribution in [0.15, 0.2) is 6.20 Å². The van der Waals surface area contributed by atoms with Gasteiger partial charge in [-0.3, -0.25) is 4.68 Å². The Balaban J connectivity index is 2.38. The predicted molar refractivity (Wildman–Crippen MR) is 54.0 cm³/mol. The molecule has 0 N–H and O–H groups in total. The molecule has 0 unspecified atom stereocenters. The molecule has 1 aromatic rings. The third-order valence-corrected chi connectivity index (χ3v) is 2.77. The highest BCUT2D eigenvalue weighted by molar-refractivity contribution is 5.28. The lowest BCUT2D eigenvalue weighted by molar-refractivity contribution is 0.595. The van der Waals surface area contributed by atoms with Crippen molar-refractivity contribution in [1.82, 2.24) is 9.78 Å². The van der Waals surface area contributed by atoms with Gasteiger partial charge in [-0.15, -0.1) is 0 Å². The number of nitrogens with zero attached hydrogens (tertiary/aromatic N) is 2. The number of aryl methyl sites for hydroxylation is 1. The van der Waals surface area contributed by atoms with Gasteiger partial charge in [0.05, 0.1) is 6.20 Å². The second kappa shape index (κ2) is 3.17. The minimum Gasteiger partial charge on any atom is -0.269 e. The van der Waals surface area contributed by atoms with Crippen LogP contribution in [0.4, 0.5) is 0 Å². The molecule has 0 radical (unpaired) electrons. The SMILES string of the molecule is CCn1ncc(C2CC2)c1C(C)C. The first kappa shape index (κ1) is 8.79. The maximum absolute atomic E-state index is 4.43. The topological polar surface area (TPSA) is 17.8 Å². The van der Waals surface area contributed by atoms with E-state index in [1.54, 1.807) is 0 Å². The highest BCUT2D eigenvalue weighted by Gasteiger charge is 2.29. The molecule has 0 saturated heterocycles. The van der Waals surface area contributed by atoms with E-state index in [4.69, 9.17) is 0 Å². The first-order chi connectivity index (χ1) is 6.24. The zero-order valence-corrected chi connectivity index (χ0v) is 8.75. The fraction of sp³-hybridized carbons (Fsp3) is 0.727. The van der Waals surface area contributed by atoms with Crippen LogP contribution in [-0.4, -0.2) is 9.78 Å². The van der Waals surface area contributed by atoms with E-state index in [-0.39, 0.29) is 0 Å². The third kappa shape index (κ3) is 1.50. The third-order valence-electron chi connectivity index (χ3n) is 2.77. The van der Waals surface area contributed by atoms with Crippen molar-refractivity contribution in [2.45, 2.75) is 52.0 Å². The van der Waals surface area contributed by atoms with Crippen LogP contribution in [0.3, 0.4) is 0 Å². The van der Waals surface area contributed by atoms with Gasteiger partial charge in [-0.05, 0) is 37.2 Å². The first-order valence-electron chi connectivity index (χ1n) is 5.29. The standard InChI is InChI=1S/C11H18N2/c1-4-13-11(8(2)3)10(7-12-13)9-5-6-9/h7-9H,4-6H2,1-3H3. The molecule has 0 bridgehead atoms. The fourth-order valence-electron chi connectivity index (χ4n) is 2.00. The summed E-state index contributed by atoms with van der Waals surface area (Å²) < 4.78 is 2.15. The molecule has 72 valence electrons. The van der Waals surface area contributed by atoms with E-state index < -0.39 is 0 Å². The lowest BCUT2D eigenvalue weighted by Gasteiger charge is -2.10. The van der Waals surface area contributed by atoms with E-state index in [2.05, 4.69) is 36.7 Å².